The summed E-state index contributed by atoms with van der Waals surface area (Å²) >= 11 is 0. The van der Waals surface area contributed by atoms with Crippen molar-refractivity contribution in [2.24, 2.45) is 0 Å². The van der Waals surface area contributed by atoms with Crippen LogP contribution in [0, 0.1) is 6.92 Å². The molecule has 1 aromatic heterocycles. The SMILES string of the molecule is Cc1cc(=O)c2c(O)c3c(cc2o1)OC[C@@H](O[C@@H]1O[C@H](CO)[C@@H](O)[C@H](O)[C@H]1O)C3. The van der Waals surface area contributed by atoms with Crippen LogP contribution in [0.3, 0.4) is 0 Å². The van der Waals surface area contributed by atoms with Crippen molar-refractivity contribution in [2.75, 3.05) is 13.2 Å². The fourth-order valence-electron chi connectivity index (χ4n) is 3.69. The van der Waals surface area contributed by atoms with E-state index in [1.165, 1.54) is 12.1 Å². The van der Waals surface area contributed by atoms with Gasteiger partial charge >= 0.3 is 0 Å². The molecule has 10 heteroatoms. The van der Waals surface area contributed by atoms with Gasteiger partial charge in [-0.2, -0.15) is 0 Å². The van der Waals surface area contributed by atoms with Crippen LogP contribution in [0.5, 0.6) is 11.5 Å². The van der Waals surface area contributed by atoms with Gasteiger partial charge in [0.05, 0.1) is 12.7 Å². The first-order chi connectivity index (χ1) is 13.8. The van der Waals surface area contributed by atoms with Crippen molar-refractivity contribution in [1.29, 1.82) is 0 Å². The van der Waals surface area contributed by atoms with Crippen LogP contribution in [-0.2, 0) is 15.9 Å². The molecule has 0 aliphatic carbocycles. The molecule has 0 amide bonds. The van der Waals surface area contributed by atoms with Crippen molar-refractivity contribution in [3.05, 3.63) is 33.7 Å². The molecular weight excluding hydrogens is 388 g/mol. The molecule has 158 valence electrons. The minimum absolute atomic E-state index is 0.0337. The number of hydrogen-bond donors (Lipinski definition) is 5. The van der Waals surface area contributed by atoms with Crippen LogP contribution in [-0.4, -0.2) is 75.6 Å². The number of phenols is 1. The number of ether oxygens (including phenoxy) is 3. The minimum Gasteiger partial charge on any atom is -0.507 e. The molecule has 1 fully saturated rings. The number of aliphatic hydroxyl groups excluding tert-OH is 4. The molecule has 1 saturated heterocycles. The van der Waals surface area contributed by atoms with Crippen LogP contribution in [0.1, 0.15) is 11.3 Å². The molecule has 29 heavy (non-hydrogen) atoms. The third kappa shape index (κ3) is 3.48. The maximum absolute atomic E-state index is 12.3. The third-order valence-corrected chi connectivity index (χ3v) is 5.21. The number of fused-ring (bicyclic) bond motifs is 2. The number of hydrogen-bond acceptors (Lipinski definition) is 10. The van der Waals surface area contributed by atoms with E-state index < -0.39 is 43.4 Å². The summed E-state index contributed by atoms with van der Waals surface area (Å²) in [4.78, 5) is 12.3. The van der Waals surface area contributed by atoms with E-state index in [9.17, 15) is 30.3 Å². The van der Waals surface area contributed by atoms with Crippen LogP contribution in [0.4, 0.5) is 0 Å². The second kappa shape index (κ2) is 7.56. The maximum Gasteiger partial charge on any atom is 0.196 e. The summed E-state index contributed by atoms with van der Waals surface area (Å²) in [6, 6.07) is 2.81. The lowest BCUT2D eigenvalue weighted by atomic mass is 9.98. The van der Waals surface area contributed by atoms with Gasteiger partial charge < -0.3 is 44.2 Å². The molecule has 0 spiro atoms. The van der Waals surface area contributed by atoms with Crippen molar-refractivity contribution in [2.45, 2.75) is 50.2 Å². The molecule has 0 radical (unpaired) electrons. The number of aryl methyl sites for hydroxylation is 1. The first-order valence-corrected chi connectivity index (χ1v) is 9.18. The van der Waals surface area contributed by atoms with Gasteiger partial charge in [-0.1, -0.05) is 0 Å². The summed E-state index contributed by atoms with van der Waals surface area (Å²) in [5, 5.41) is 49.8. The first kappa shape index (κ1) is 20.1. The Morgan fingerprint density at radius 3 is 2.66 bits per heavy atom. The predicted molar refractivity (Wildman–Crippen MR) is 96.7 cm³/mol. The molecule has 0 bridgehead atoms. The minimum atomic E-state index is -1.56. The van der Waals surface area contributed by atoms with E-state index in [2.05, 4.69) is 0 Å². The Bertz CT molecular complexity index is 968. The molecule has 6 atom stereocenters. The second-order valence-electron chi connectivity index (χ2n) is 7.27. The third-order valence-electron chi connectivity index (χ3n) is 5.21. The van der Waals surface area contributed by atoms with E-state index >= 15 is 0 Å². The van der Waals surface area contributed by atoms with Crippen LogP contribution in [0.25, 0.3) is 11.0 Å². The van der Waals surface area contributed by atoms with E-state index in [1.807, 2.05) is 0 Å². The Labute approximate surface area is 164 Å². The lowest BCUT2D eigenvalue weighted by Crippen LogP contribution is -2.60. The molecular formula is C19H22O10. The molecule has 0 saturated carbocycles. The van der Waals surface area contributed by atoms with E-state index in [-0.39, 0.29) is 35.2 Å². The Morgan fingerprint density at radius 1 is 1.17 bits per heavy atom. The molecule has 0 unspecified atom stereocenters. The average molecular weight is 410 g/mol. The first-order valence-electron chi connectivity index (χ1n) is 9.18. The quantitative estimate of drug-likeness (QED) is 0.422. The summed E-state index contributed by atoms with van der Waals surface area (Å²) in [5.41, 5.74) is 0.162. The van der Waals surface area contributed by atoms with Crippen LogP contribution in [0.2, 0.25) is 0 Å². The van der Waals surface area contributed by atoms with Gasteiger partial charge in [-0.05, 0) is 6.92 Å². The van der Waals surface area contributed by atoms with Crippen molar-refractivity contribution < 1.29 is 44.2 Å². The van der Waals surface area contributed by atoms with Crippen LogP contribution < -0.4 is 10.2 Å². The van der Waals surface area contributed by atoms with E-state index in [1.54, 1.807) is 6.92 Å². The highest BCUT2D eigenvalue weighted by molar-refractivity contribution is 5.87. The van der Waals surface area contributed by atoms with Gasteiger partial charge in [0.25, 0.3) is 0 Å². The molecule has 2 aliphatic rings. The summed E-state index contributed by atoms with van der Waals surface area (Å²) in [6.45, 7) is 1.10. The zero-order valence-corrected chi connectivity index (χ0v) is 15.5. The number of rotatable bonds is 3. The molecule has 2 aromatic rings. The topological polar surface area (TPSA) is 159 Å². The zero-order chi connectivity index (χ0) is 20.9. The lowest BCUT2D eigenvalue weighted by Gasteiger charge is -2.41. The highest BCUT2D eigenvalue weighted by Crippen LogP contribution is 2.39. The molecule has 1 aromatic carbocycles. The van der Waals surface area contributed by atoms with E-state index in [4.69, 9.17) is 18.6 Å². The smallest absolute Gasteiger partial charge is 0.196 e. The van der Waals surface area contributed by atoms with E-state index in [0.29, 0.717) is 17.1 Å². The molecule has 4 rings (SSSR count). The number of phenolic OH excluding ortho intramolecular Hbond substituents is 1. The Hall–Kier alpha value is -2.21. The standard InChI is InChI=1S/C19H22O10/c1-7-2-10(21)14-12(27-7)4-11-9(15(14)22)3-8(6-26-11)28-19-18(25)17(24)16(23)13(5-20)29-19/h2,4,8,13,16-20,22-25H,3,5-6H2,1H3/t8-,13+,16+,17-,18+,19+/m0/s1. The predicted octanol–water partition coefficient (Wildman–Crippen LogP) is -1.07. The average Bonchev–Trinajstić information content (AvgIpc) is 2.68. The zero-order valence-electron chi connectivity index (χ0n) is 15.5. The molecule has 10 nitrogen and oxygen atoms in total. The fraction of sp³-hybridized carbons (Fsp3) is 0.526. The highest BCUT2D eigenvalue weighted by Gasteiger charge is 2.45. The largest absolute Gasteiger partial charge is 0.507 e. The highest BCUT2D eigenvalue weighted by atomic mass is 16.7. The summed E-state index contributed by atoms with van der Waals surface area (Å²) in [5.74, 6) is 0.479. The Balaban J connectivity index is 1.59. The van der Waals surface area contributed by atoms with Crippen molar-refractivity contribution in [1.82, 2.24) is 0 Å². The van der Waals surface area contributed by atoms with Crippen molar-refractivity contribution in [3.63, 3.8) is 0 Å². The van der Waals surface area contributed by atoms with Gasteiger partial charge in [0, 0.05) is 24.1 Å². The maximum atomic E-state index is 12.3. The van der Waals surface area contributed by atoms with Gasteiger partial charge in [0.1, 0.15) is 59.3 Å². The Morgan fingerprint density at radius 2 is 1.93 bits per heavy atom. The fourth-order valence-corrected chi connectivity index (χ4v) is 3.69. The van der Waals surface area contributed by atoms with Gasteiger partial charge in [-0.3, -0.25) is 4.79 Å². The van der Waals surface area contributed by atoms with Gasteiger partial charge in [-0.15, -0.1) is 0 Å². The summed E-state index contributed by atoms with van der Waals surface area (Å²) < 4.78 is 22.2. The summed E-state index contributed by atoms with van der Waals surface area (Å²) in [6.07, 6.45) is -7.57. The van der Waals surface area contributed by atoms with Gasteiger partial charge in [-0.25, -0.2) is 0 Å². The lowest BCUT2D eigenvalue weighted by molar-refractivity contribution is -0.313. The number of aromatic hydroxyl groups is 1. The van der Waals surface area contributed by atoms with Crippen LogP contribution >= 0.6 is 0 Å². The molecule has 3 heterocycles. The Kier molecular flexibility index (Phi) is 5.23. The van der Waals surface area contributed by atoms with Crippen LogP contribution in [0.15, 0.2) is 21.3 Å². The molecule has 2 aliphatic heterocycles. The number of aliphatic hydroxyl groups is 4. The molecule has 5 N–H and O–H groups in total. The van der Waals surface area contributed by atoms with Crippen molar-refractivity contribution >= 4 is 11.0 Å². The van der Waals surface area contributed by atoms with Gasteiger partial charge in [0.15, 0.2) is 11.7 Å². The normalized spacial score (nSPS) is 32.0. The van der Waals surface area contributed by atoms with Crippen molar-refractivity contribution in [3.8, 4) is 11.5 Å². The van der Waals surface area contributed by atoms with E-state index in [0.717, 1.165) is 0 Å². The monoisotopic (exact) mass is 410 g/mol. The second-order valence-corrected chi connectivity index (χ2v) is 7.27. The van der Waals surface area contributed by atoms with Gasteiger partial charge in [0.2, 0.25) is 0 Å². The number of benzene rings is 1. The summed E-state index contributed by atoms with van der Waals surface area (Å²) in [7, 11) is 0.